The highest BCUT2D eigenvalue weighted by atomic mass is 32.2. The van der Waals surface area contributed by atoms with Gasteiger partial charge in [0.15, 0.2) is 5.76 Å². The van der Waals surface area contributed by atoms with E-state index in [-0.39, 0.29) is 22.3 Å². The van der Waals surface area contributed by atoms with Crippen LogP contribution in [0.1, 0.15) is 58.4 Å². The molecule has 2 N–H and O–H groups in total. The number of rotatable bonds is 4. The number of hydrogen-bond donors (Lipinski definition) is 2. The molecule has 0 unspecified atom stereocenters. The van der Waals surface area contributed by atoms with Crippen molar-refractivity contribution in [2.24, 2.45) is 0 Å². The van der Waals surface area contributed by atoms with Crippen molar-refractivity contribution >= 4 is 10.0 Å². The molecule has 10 heteroatoms. The molecular weight excluding hydrogens is 409 g/mol. The summed E-state index contributed by atoms with van der Waals surface area (Å²) in [4.78, 5) is 0. The van der Waals surface area contributed by atoms with Gasteiger partial charge in [-0.05, 0) is 23.0 Å². The largest absolute Gasteiger partial charge is 0.511 e. The number of aromatic nitrogens is 1. The summed E-state index contributed by atoms with van der Waals surface area (Å²) in [5.74, 6) is 0.103. The molecule has 162 valence electrons. The predicted molar refractivity (Wildman–Crippen MR) is 103 cm³/mol. The van der Waals surface area contributed by atoms with Crippen molar-refractivity contribution in [3.8, 4) is 17.0 Å². The van der Waals surface area contributed by atoms with Crippen molar-refractivity contribution in [3.05, 3.63) is 35.1 Å². The van der Waals surface area contributed by atoms with Crippen LogP contribution in [-0.2, 0) is 27.4 Å². The van der Waals surface area contributed by atoms with Crippen molar-refractivity contribution in [1.29, 1.82) is 0 Å². The van der Waals surface area contributed by atoms with Gasteiger partial charge in [0, 0.05) is 22.8 Å². The van der Waals surface area contributed by atoms with Gasteiger partial charge < -0.3 is 9.63 Å². The molecule has 0 saturated heterocycles. The van der Waals surface area contributed by atoms with E-state index in [9.17, 15) is 26.7 Å². The SMILES string of the molecule is CC(C)(C)c1cc(-c2cc(CNS(=O)(=O)C(F)(F)F)on2)cc(C(C)(C)C)c1O. The van der Waals surface area contributed by atoms with Gasteiger partial charge in [0.1, 0.15) is 11.4 Å². The van der Waals surface area contributed by atoms with Crippen LogP contribution in [0.25, 0.3) is 11.3 Å². The molecular formula is C19H25F3N2O4S. The van der Waals surface area contributed by atoms with Crippen LogP contribution in [0.2, 0.25) is 0 Å². The highest BCUT2D eigenvalue weighted by Crippen LogP contribution is 2.41. The Hall–Kier alpha value is -2.07. The lowest BCUT2D eigenvalue weighted by Gasteiger charge is -2.28. The van der Waals surface area contributed by atoms with E-state index < -0.39 is 22.1 Å². The number of nitrogens with one attached hydrogen (secondary N) is 1. The third-order valence-electron chi connectivity index (χ3n) is 4.32. The quantitative estimate of drug-likeness (QED) is 0.735. The summed E-state index contributed by atoms with van der Waals surface area (Å²) in [6, 6.07) is 4.85. The van der Waals surface area contributed by atoms with Crippen LogP contribution in [0.5, 0.6) is 5.75 Å². The lowest BCUT2D eigenvalue weighted by molar-refractivity contribution is -0.0448. The number of benzene rings is 1. The monoisotopic (exact) mass is 434 g/mol. The van der Waals surface area contributed by atoms with E-state index in [0.717, 1.165) is 0 Å². The maximum absolute atomic E-state index is 12.4. The molecule has 0 spiro atoms. The molecule has 1 heterocycles. The Kier molecular flexibility index (Phi) is 5.86. The zero-order valence-corrected chi connectivity index (χ0v) is 17.9. The fraction of sp³-hybridized carbons (Fsp3) is 0.526. The average molecular weight is 434 g/mol. The zero-order valence-electron chi connectivity index (χ0n) is 17.1. The summed E-state index contributed by atoms with van der Waals surface area (Å²) in [5.41, 5.74) is -3.88. The number of phenols is 1. The Labute approximate surface area is 168 Å². The van der Waals surface area contributed by atoms with Crippen molar-refractivity contribution in [3.63, 3.8) is 0 Å². The molecule has 29 heavy (non-hydrogen) atoms. The molecule has 0 saturated carbocycles. The first-order chi connectivity index (χ1) is 12.9. The Bertz CT molecular complexity index is 963. The fourth-order valence-corrected chi connectivity index (χ4v) is 3.20. The Morgan fingerprint density at radius 3 is 1.90 bits per heavy atom. The minimum absolute atomic E-state index is 0.0736. The van der Waals surface area contributed by atoms with Gasteiger partial charge in [0.2, 0.25) is 0 Å². The van der Waals surface area contributed by atoms with Gasteiger partial charge in [-0.25, -0.2) is 8.42 Å². The van der Waals surface area contributed by atoms with Crippen LogP contribution in [0.15, 0.2) is 22.7 Å². The molecule has 0 radical (unpaired) electrons. The number of phenolic OH excluding ortho intramolecular Hbond substituents is 1. The summed E-state index contributed by atoms with van der Waals surface area (Å²) >= 11 is 0. The number of nitrogens with zero attached hydrogens (tertiary/aromatic N) is 1. The van der Waals surface area contributed by atoms with Gasteiger partial charge in [0.25, 0.3) is 0 Å². The molecule has 0 aliphatic heterocycles. The summed E-state index contributed by atoms with van der Waals surface area (Å²) in [7, 11) is -5.48. The van der Waals surface area contributed by atoms with Gasteiger partial charge >= 0.3 is 15.5 Å². The van der Waals surface area contributed by atoms with E-state index >= 15 is 0 Å². The minimum atomic E-state index is -5.48. The Balaban J connectivity index is 2.44. The van der Waals surface area contributed by atoms with Gasteiger partial charge in [-0.3, -0.25) is 0 Å². The van der Waals surface area contributed by atoms with Crippen LogP contribution >= 0.6 is 0 Å². The number of sulfonamides is 1. The second-order valence-electron chi connectivity index (χ2n) is 8.87. The van der Waals surface area contributed by atoms with E-state index in [1.807, 2.05) is 41.5 Å². The van der Waals surface area contributed by atoms with Crippen molar-refractivity contribution in [1.82, 2.24) is 9.88 Å². The summed E-state index contributed by atoms with van der Waals surface area (Å²) in [5, 5.41) is 14.6. The Morgan fingerprint density at radius 1 is 1.00 bits per heavy atom. The first-order valence-corrected chi connectivity index (χ1v) is 10.3. The van der Waals surface area contributed by atoms with E-state index in [2.05, 4.69) is 5.16 Å². The van der Waals surface area contributed by atoms with Crippen LogP contribution in [-0.4, -0.2) is 24.2 Å². The first kappa shape index (κ1) is 23.2. The van der Waals surface area contributed by atoms with Gasteiger partial charge in [0.05, 0.1) is 6.54 Å². The maximum atomic E-state index is 12.4. The molecule has 0 fully saturated rings. The smallest absolute Gasteiger partial charge is 0.507 e. The fourth-order valence-electron chi connectivity index (χ4n) is 2.71. The molecule has 1 aromatic heterocycles. The summed E-state index contributed by atoms with van der Waals surface area (Å²) < 4.78 is 66.0. The lowest BCUT2D eigenvalue weighted by Crippen LogP contribution is -2.35. The number of aromatic hydroxyl groups is 1. The van der Waals surface area contributed by atoms with E-state index in [1.54, 1.807) is 12.1 Å². The molecule has 0 bridgehead atoms. The molecule has 0 atom stereocenters. The topological polar surface area (TPSA) is 92.4 Å². The second-order valence-corrected chi connectivity index (χ2v) is 10.6. The van der Waals surface area contributed by atoms with Crippen molar-refractivity contribution in [2.45, 2.75) is 64.4 Å². The average Bonchev–Trinajstić information content (AvgIpc) is 2.99. The third-order valence-corrected chi connectivity index (χ3v) is 5.46. The number of hydrogen-bond acceptors (Lipinski definition) is 5. The van der Waals surface area contributed by atoms with Gasteiger partial charge in [-0.2, -0.15) is 17.9 Å². The van der Waals surface area contributed by atoms with Crippen LogP contribution in [0, 0.1) is 0 Å². The molecule has 2 aromatic rings. The number of halogens is 3. The standard InChI is InChI=1S/C19H25F3N2O4S/c1-17(2,3)13-7-11(8-14(16(13)25)18(4,5)6)15-9-12(28-24-15)10-23-29(26,27)19(20,21)22/h7-9,23,25H,10H2,1-6H3. The molecule has 0 aliphatic rings. The molecule has 0 amide bonds. The first-order valence-electron chi connectivity index (χ1n) is 8.83. The van der Waals surface area contributed by atoms with Crippen molar-refractivity contribution in [2.75, 3.05) is 0 Å². The van der Waals surface area contributed by atoms with E-state index in [0.29, 0.717) is 22.4 Å². The normalized spacial score (nSPS) is 13.7. The zero-order chi connectivity index (χ0) is 22.4. The van der Waals surface area contributed by atoms with Gasteiger partial charge in [-0.1, -0.05) is 46.7 Å². The second kappa shape index (κ2) is 7.32. The molecule has 6 nitrogen and oxygen atoms in total. The van der Waals surface area contributed by atoms with Crippen LogP contribution < -0.4 is 4.72 Å². The van der Waals surface area contributed by atoms with E-state index in [4.69, 9.17) is 4.52 Å². The highest BCUT2D eigenvalue weighted by Gasteiger charge is 2.45. The maximum Gasteiger partial charge on any atom is 0.511 e. The predicted octanol–water partition coefficient (Wildman–Crippen LogP) is 4.58. The van der Waals surface area contributed by atoms with Crippen LogP contribution in [0.4, 0.5) is 13.2 Å². The van der Waals surface area contributed by atoms with Gasteiger partial charge in [-0.15, -0.1) is 0 Å². The molecule has 0 aliphatic carbocycles. The summed E-state index contributed by atoms with van der Waals surface area (Å²) in [6.45, 7) is 11.0. The highest BCUT2D eigenvalue weighted by molar-refractivity contribution is 7.90. The summed E-state index contributed by atoms with van der Waals surface area (Å²) in [6.07, 6.45) is 0. The minimum Gasteiger partial charge on any atom is -0.507 e. The molecule has 2 rings (SSSR count). The molecule has 1 aromatic carbocycles. The van der Waals surface area contributed by atoms with Crippen molar-refractivity contribution < 1.29 is 31.2 Å². The third kappa shape index (κ3) is 5.11. The number of alkyl halides is 3. The Morgan fingerprint density at radius 2 is 1.48 bits per heavy atom. The lowest BCUT2D eigenvalue weighted by atomic mass is 9.78. The van der Waals surface area contributed by atoms with Crippen LogP contribution in [0.3, 0.4) is 0 Å². The van der Waals surface area contributed by atoms with E-state index in [1.165, 1.54) is 10.8 Å².